The lowest BCUT2D eigenvalue weighted by Crippen LogP contribution is -2.43. The molecule has 0 bridgehead atoms. The second-order valence-corrected chi connectivity index (χ2v) is 7.15. The first-order valence-corrected chi connectivity index (χ1v) is 9.46. The average Bonchev–Trinajstić information content (AvgIpc) is 3.15. The molecule has 3 amide bonds. The highest BCUT2D eigenvalue weighted by Gasteiger charge is 2.32. The summed E-state index contributed by atoms with van der Waals surface area (Å²) >= 11 is 0. The predicted octanol–water partition coefficient (Wildman–Crippen LogP) is 2.50. The van der Waals surface area contributed by atoms with Gasteiger partial charge in [0.15, 0.2) is 11.5 Å². The zero-order chi connectivity index (χ0) is 17.9. The first-order chi connectivity index (χ1) is 12.7. The molecule has 0 unspecified atom stereocenters. The normalized spacial score (nSPS) is 20.4. The number of rotatable bonds is 4. The molecule has 1 saturated heterocycles. The Kier molecular flexibility index (Phi) is 4.86. The van der Waals surface area contributed by atoms with Crippen molar-refractivity contribution in [2.24, 2.45) is 0 Å². The van der Waals surface area contributed by atoms with E-state index in [1.807, 2.05) is 18.2 Å². The van der Waals surface area contributed by atoms with Crippen molar-refractivity contribution in [2.45, 2.75) is 44.6 Å². The van der Waals surface area contributed by atoms with Gasteiger partial charge in [-0.15, -0.1) is 0 Å². The van der Waals surface area contributed by atoms with Crippen LogP contribution in [0.25, 0.3) is 0 Å². The predicted molar refractivity (Wildman–Crippen MR) is 96.5 cm³/mol. The second-order valence-electron chi connectivity index (χ2n) is 7.15. The summed E-state index contributed by atoms with van der Waals surface area (Å²) in [5.74, 6) is 1.29. The third-order valence-electron chi connectivity index (χ3n) is 5.32. The van der Waals surface area contributed by atoms with E-state index in [0.29, 0.717) is 24.6 Å². The van der Waals surface area contributed by atoms with Crippen molar-refractivity contribution in [1.82, 2.24) is 10.2 Å². The summed E-state index contributed by atoms with van der Waals surface area (Å²) in [6.07, 6.45) is 6.94. The van der Waals surface area contributed by atoms with Gasteiger partial charge in [0.2, 0.25) is 12.7 Å². The van der Waals surface area contributed by atoms with E-state index in [1.165, 1.54) is 25.7 Å². The molecule has 3 aliphatic rings. The number of benzene rings is 1. The van der Waals surface area contributed by atoms with Gasteiger partial charge in [-0.3, -0.25) is 9.69 Å². The smallest absolute Gasteiger partial charge is 0.325 e. The SMILES string of the molecule is O=C(CN1CCN(c2ccc3c(c2)OCO3)C1=O)NC1CCCCCC1. The topological polar surface area (TPSA) is 71.1 Å². The van der Waals surface area contributed by atoms with Crippen molar-refractivity contribution in [3.05, 3.63) is 18.2 Å². The van der Waals surface area contributed by atoms with Crippen molar-refractivity contribution in [3.63, 3.8) is 0 Å². The molecule has 0 aromatic heterocycles. The molecular weight excluding hydrogens is 334 g/mol. The van der Waals surface area contributed by atoms with Crippen LogP contribution in [0.5, 0.6) is 11.5 Å². The maximum Gasteiger partial charge on any atom is 0.325 e. The van der Waals surface area contributed by atoms with Crippen LogP contribution < -0.4 is 19.7 Å². The maximum atomic E-state index is 12.7. The van der Waals surface area contributed by atoms with Crippen LogP contribution in [-0.2, 0) is 4.79 Å². The molecule has 0 radical (unpaired) electrons. The van der Waals surface area contributed by atoms with Crippen LogP contribution in [0.4, 0.5) is 10.5 Å². The molecule has 2 heterocycles. The molecule has 2 fully saturated rings. The van der Waals surface area contributed by atoms with Gasteiger partial charge >= 0.3 is 6.03 Å². The van der Waals surface area contributed by atoms with Gasteiger partial charge in [-0.25, -0.2) is 4.79 Å². The van der Waals surface area contributed by atoms with Crippen LogP contribution >= 0.6 is 0 Å². The van der Waals surface area contributed by atoms with Gasteiger partial charge in [-0.05, 0) is 25.0 Å². The van der Waals surface area contributed by atoms with E-state index >= 15 is 0 Å². The third kappa shape index (κ3) is 3.57. The van der Waals surface area contributed by atoms with E-state index in [0.717, 1.165) is 18.5 Å². The Morgan fingerprint density at radius 1 is 1.08 bits per heavy atom. The lowest BCUT2D eigenvalue weighted by Gasteiger charge is -2.21. The van der Waals surface area contributed by atoms with E-state index in [4.69, 9.17) is 9.47 Å². The summed E-state index contributed by atoms with van der Waals surface area (Å²) < 4.78 is 10.7. The first kappa shape index (κ1) is 17.0. The van der Waals surface area contributed by atoms with Gasteiger partial charge in [0.1, 0.15) is 6.54 Å². The Hall–Kier alpha value is -2.44. The highest BCUT2D eigenvalue weighted by Crippen LogP contribution is 2.36. The molecule has 2 aliphatic heterocycles. The number of hydrogen-bond donors (Lipinski definition) is 1. The molecular formula is C19H25N3O4. The number of urea groups is 1. The summed E-state index contributed by atoms with van der Waals surface area (Å²) in [5, 5.41) is 3.11. The van der Waals surface area contributed by atoms with Gasteiger partial charge in [0, 0.05) is 30.9 Å². The Morgan fingerprint density at radius 3 is 2.65 bits per heavy atom. The monoisotopic (exact) mass is 359 g/mol. The minimum Gasteiger partial charge on any atom is -0.454 e. The van der Waals surface area contributed by atoms with Gasteiger partial charge in [-0.2, -0.15) is 0 Å². The third-order valence-corrected chi connectivity index (χ3v) is 5.32. The van der Waals surface area contributed by atoms with Crippen LogP contribution in [0.3, 0.4) is 0 Å². The number of amides is 3. The fourth-order valence-electron chi connectivity index (χ4n) is 3.89. The van der Waals surface area contributed by atoms with Crippen molar-refractivity contribution in [3.8, 4) is 11.5 Å². The van der Waals surface area contributed by atoms with Crippen LogP contribution in [-0.4, -0.2) is 49.3 Å². The van der Waals surface area contributed by atoms with E-state index in [1.54, 1.807) is 9.80 Å². The number of anilines is 1. The molecule has 1 saturated carbocycles. The van der Waals surface area contributed by atoms with E-state index in [2.05, 4.69) is 5.32 Å². The molecule has 1 N–H and O–H groups in total. The zero-order valence-electron chi connectivity index (χ0n) is 14.9. The number of ether oxygens (including phenoxy) is 2. The van der Waals surface area contributed by atoms with Gasteiger partial charge in [-0.1, -0.05) is 25.7 Å². The van der Waals surface area contributed by atoms with E-state index in [9.17, 15) is 9.59 Å². The number of fused-ring (bicyclic) bond motifs is 1. The Morgan fingerprint density at radius 2 is 1.85 bits per heavy atom. The second kappa shape index (κ2) is 7.43. The van der Waals surface area contributed by atoms with Crippen LogP contribution in [0, 0.1) is 0 Å². The van der Waals surface area contributed by atoms with Crippen LogP contribution in [0.1, 0.15) is 38.5 Å². The summed E-state index contributed by atoms with van der Waals surface area (Å²) in [5.41, 5.74) is 0.769. The number of nitrogens with one attached hydrogen (secondary N) is 1. The molecule has 1 aliphatic carbocycles. The molecule has 4 rings (SSSR count). The molecule has 7 heteroatoms. The zero-order valence-corrected chi connectivity index (χ0v) is 14.9. The number of carbonyl (C=O) groups excluding carboxylic acids is 2. The standard InChI is InChI=1S/C19H25N3O4/c23-18(20-14-5-3-1-2-4-6-14)12-21-9-10-22(19(21)24)15-7-8-16-17(11-15)26-13-25-16/h7-8,11,14H,1-6,9-10,12-13H2,(H,20,23). The Labute approximate surface area is 153 Å². The molecule has 26 heavy (non-hydrogen) atoms. The summed E-state index contributed by atoms with van der Waals surface area (Å²) in [6.45, 7) is 1.44. The summed E-state index contributed by atoms with van der Waals surface area (Å²) in [6, 6.07) is 5.59. The quantitative estimate of drug-likeness (QED) is 0.839. The minimum atomic E-state index is -0.139. The lowest BCUT2D eigenvalue weighted by atomic mass is 10.1. The van der Waals surface area contributed by atoms with Crippen molar-refractivity contribution in [1.29, 1.82) is 0 Å². The van der Waals surface area contributed by atoms with Gasteiger partial charge < -0.3 is 19.7 Å². The highest BCUT2D eigenvalue weighted by molar-refractivity contribution is 5.96. The molecule has 7 nitrogen and oxygen atoms in total. The number of nitrogens with zero attached hydrogens (tertiary/aromatic N) is 2. The van der Waals surface area contributed by atoms with Crippen molar-refractivity contribution < 1.29 is 19.1 Å². The first-order valence-electron chi connectivity index (χ1n) is 9.46. The van der Waals surface area contributed by atoms with Crippen LogP contribution in [0.2, 0.25) is 0 Å². The lowest BCUT2D eigenvalue weighted by molar-refractivity contribution is -0.122. The average molecular weight is 359 g/mol. The highest BCUT2D eigenvalue weighted by atomic mass is 16.7. The molecule has 1 aromatic rings. The number of carbonyl (C=O) groups is 2. The van der Waals surface area contributed by atoms with E-state index < -0.39 is 0 Å². The van der Waals surface area contributed by atoms with Gasteiger partial charge in [0.05, 0.1) is 0 Å². The molecule has 0 spiro atoms. The Bertz CT molecular complexity index is 685. The molecule has 140 valence electrons. The van der Waals surface area contributed by atoms with Crippen molar-refractivity contribution >= 4 is 17.6 Å². The minimum absolute atomic E-state index is 0.0576. The summed E-state index contributed by atoms with van der Waals surface area (Å²) in [7, 11) is 0. The largest absolute Gasteiger partial charge is 0.454 e. The summed E-state index contributed by atoms with van der Waals surface area (Å²) in [4.78, 5) is 28.3. The van der Waals surface area contributed by atoms with Crippen LogP contribution in [0.15, 0.2) is 18.2 Å². The number of hydrogen-bond acceptors (Lipinski definition) is 4. The van der Waals surface area contributed by atoms with E-state index in [-0.39, 0.29) is 31.3 Å². The van der Waals surface area contributed by atoms with Crippen molar-refractivity contribution in [2.75, 3.05) is 31.3 Å². The van der Waals surface area contributed by atoms with Gasteiger partial charge in [0.25, 0.3) is 0 Å². The Balaban J connectivity index is 1.34. The fourth-order valence-corrected chi connectivity index (χ4v) is 3.89. The maximum absolute atomic E-state index is 12.7. The fraction of sp³-hybridized carbons (Fsp3) is 0.579. The molecule has 1 aromatic carbocycles. The molecule has 0 atom stereocenters.